The van der Waals surface area contributed by atoms with Crippen LogP contribution in [-0.4, -0.2) is 6.04 Å². The van der Waals surface area contributed by atoms with E-state index in [0.29, 0.717) is 16.9 Å². The quantitative estimate of drug-likeness (QED) is 0.392. The largest absolute Gasteiger partial charge is 0.382 e. The van der Waals surface area contributed by atoms with Crippen LogP contribution in [0.15, 0.2) is 30.3 Å². The molecule has 1 heteroatoms. The van der Waals surface area contributed by atoms with E-state index in [1.54, 1.807) is 0 Å². The molecular formula is C37H63N. The fourth-order valence-corrected chi connectivity index (χ4v) is 10.2. The monoisotopic (exact) mass is 521 g/mol. The van der Waals surface area contributed by atoms with Gasteiger partial charge < -0.3 is 5.32 Å². The number of rotatable bonds is 6. The molecule has 8 atom stereocenters. The summed E-state index contributed by atoms with van der Waals surface area (Å²) in [7, 11) is 0. The molecule has 4 aliphatic carbocycles. The molecule has 0 aliphatic heterocycles. The molecule has 4 aliphatic rings. The van der Waals surface area contributed by atoms with Crippen LogP contribution in [0.25, 0.3) is 5.70 Å². The summed E-state index contributed by atoms with van der Waals surface area (Å²) in [6.07, 6.45) is 16.9. The van der Waals surface area contributed by atoms with Gasteiger partial charge in [-0.15, -0.1) is 0 Å². The van der Waals surface area contributed by atoms with E-state index in [9.17, 15) is 0 Å². The normalized spacial score (nSPS) is 37.3. The van der Waals surface area contributed by atoms with Gasteiger partial charge in [0.1, 0.15) is 0 Å². The van der Waals surface area contributed by atoms with Crippen LogP contribution in [0, 0.1) is 46.3 Å². The number of hydrogen-bond acceptors (Lipinski definition) is 1. The SMILES string of the molecule is C.CC=C(NC(C)C1CC[C@H]2[C@@H]3CC[C@@H]4CC(C)(C)CC[C@@H]4[C@H]3CCC12C)c1cccc(C(C)(C)CC)c1.[HH]. The zero-order valence-corrected chi connectivity index (χ0v) is 25.5. The molecule has 1 aromatic carbocycles. The minimum absolute atomic E-state index is 0. The molecule has 4 fully saturated rings. The van der Waals surface area contributed by atoms with E-state index in [4.69, 9.17) is 0 Å². The summed E-state index contributed by atoms with van der Waals surface area (Å²) < 4.78 is 0. The Morgan fingerprint density at radius 1 is 1.03 bits per heavy atom. The Morgan fingerprint density at radius 2 is 1.76 bits per heavy atom. The summed E-state index contributed by atoms with van der Waals surface area (Å²) in [5.74, 6) is 5.85. The second-order valence-corrected chi connectivity index (χ2v) is 15.5. The first kappa shape index (κ1) is 29.7. The molecule has 3 unspecified atom stereocenters. The number of fused-ring (bicyclic) bond motifs is 5. The van der Waals surface area contributed by atoms with Crippen molar-refractivity contribution in [2.75, 3.05) is 0 Å². The molecule has 0 saturated heterocycles. The summed E-state index contributed by atoms with van der Waals surface area (Å²) in [4.78, 5) is 0. The maximum absolute atomic E-state index is 4.07. The van der Waals surface area contributed by atoms with Gasteiger partial charge >= 0.3 is 0 Å². The van der Waals surface area contributed by atoms with Gasteiger partial charge in [-0.1, -0.05) is 73.2 Å². The van der Waals surface area contributed by atoms with Crippen molar-refractivity contribution in [3.8, 4) is 0 Å². The second-order valence-electron chi connectivity index (χ2n) is 15.5. The zero-order valence-electron chi connectivity index (χ0n) is 25.5. The molecule has 0 radical (unpaired) electrons. The average molecular weight is 522 g/mol. The molecular weight excluding hydrogens is 458 g/mol. The highest BCUT2D eigenvalue weighted by Crippen LogP contribution is 2.65. The Bertz CT molecular complexity index is 991. The lowest BCUT2D eigenvalue weighted by atomic mass is 9.48. The highest BCUT2D eigenvalue weighted by molar-refractivity contribution is 5.64. The van der Waals surface area contributed by atoms with Gasteiger partial charge in [-0.2, -0.15) is 0 Å². The van der Waals surface area contributed by atoms with E-state index >= 15 is 0 Å². The lowest BCUT2D eigenvalue weighted by molar-refractivity contribution is -0.0780. The predicted molar refractivity (Wildman–Crippen MR) is 169 cm³/mol. The molecule has 38 heavy (non-hydrogen) atoms. The third-order valence-corrected chi connectivity index (χ3v) is 12.7. The molecule has 0 spiro atoms. The summed E-state index contributed by atoms with van der Waals surface area (Å²) in [5, 5.41) is 4.07. The number of allylic oxidation sites excluding steroid dienone is 1. The highest BCUT2D eigenvalue weighted by atomic mass is 14.9. The second kappa shape index (κ2) is 11.0. The average Bonchev–Trinajstić information content (AvgIpc) is 3.23. The van der Waals surface area contributed by atoms with E-state index in [1.165, 1.54) is 74.6 Å². The van der Waals surface area contributed by atoms with Crippen molar-refractivity contribution < 1.29 is 1.43 Å². The van der Waals surface area contributed by atoms with Gasteiger partial charge in [-0.3, -0.25) is 0 Å². The lowest BCUT2D eigenvalue weighted by Gasteiger charge is -2.57. The Labute approximate surface area is 238 Å². The molecule has 4 saturated carbocycles. The minimum atomic E-state index is 0. The van der Waals surface area contributed by atoms with E-state index in [0.717, 1.165) is 41.9 Å². The zero-order chi connectivity index (χ0) is 26.6. The van der Waals surface area contributed by atoms with E-state index < -0.39 is 0 Å². The topological polar surface area (TPSA) is 12.0 Å². The van der Waals surface area contributed by atoms with Crippen LogP contribution in [0.1, 0.15) is 140 Å². The maximum atomic E-state index is 4.07. The van der Waals surface area contributed by atoms with Gasteiger partial charge in [0.25, 0.3) is 0 Å². The van der Waals surface area contributed by atoms with Crippen LogP contribution >= 0.6 is 0 Å². The molecule has 216 valence electrons. The third kappa shape index (κ3) is 5.26. The fourth-order valence-electron chi connectivity index (χ4n) is 10.2. The fraction of sp³-hybridized carbons (Fsp3) is 0.784. The van der Waals surface area contributed by atoms with Crippen molar-refractivity contribution in [1.82, 2.24) is 5.32 Å². The van der Waals surface area contributed by atoms with Crippen LogP contribution in [0.2, 0.25) is 0 Å². The summed E-state index contributed by atoms with van der Waals surface area (Å²) >= 11 is 0. The lowest BCUT2D eigenvalue weighted by Crippen LogP contribution is -2.51. The smallest absolute Gasteiger partial charge is 0.0372 e. The first-order valence-electron chi connectivity index (χ1n) is 16.0. The molecule has 0 amide bonds. The van der Waals surface area contributed by atoms with Crippen LogP contribution < -0.4 is 5.32 Å². The number of hydrogen-bond donors (Lipinski definition) is 1. The Hall–Kier alpha value is -1.24. The van der Waals surface area contributed by atoms with Crippen LogP contribution in [0.3, 0.4) is 0 Å². The van der Waals surface area contributed by atoms with Crippen LogP contribution in [-0.2, 0) is 5.41 Å². The minimum Gasteiger partial charge on any atom is -0.382 e. The molecule has 1 nitrogen and oxygen atoms in total. The molecule has 0 heterocycles. The van der Waals surface area contributed by atoms with Crippen LogP contribution in [0.4, 0.5) is 0 Å². The van der Waals surface area contributed by atoms with E-state index in [-0.39, 0.29) is 14.3 Å². The summed E-state index contributed by atoms with van der Waals surface area (Å²) in [6, 6.07) is 9.83. The van der Waals surface area contributed by atoms with E-state index in [1.807, 2.05) is 0 Å². The number of benzene rings is 1. The van der Waals surface area contributed by atoms with Crippen molar-refractivity contribution in [3.05, 3.63) is 41.5 Å². The van der Waals surface area contributed by atoms with Crippen molar-refractivity contribution in [1.29, 1.82) is 0 Å². The third-order valence-electron chi connectivity index (χ3n) is 12.7. The molecule has 5 rings (SSSR count). The molecule has 1 aromatic rings. The van der Waals surface area contributed by atoms with Gasteiger partial charge in [0.15, 0.2) is 0 Å². The Balaban J connectivity index is 0.00000210. The van der Waals surface area contributed by atoms with Gasteiger partial charge in [-0.05, 0) is 147 Å². The molecule has 0 bridgehead atoms. The highest BCUT2D eigenvalue weighted by Gasteiger charge is 2.58. The predicted octanol–water partition coefficient (Wildman–Crippen LogP) is 10.9. The molecule has 0 aromatic heterocycles. The van der Waals surface area contributed by atoms with Crippen molar-refractivity contribution in [2.45, 2.75) is 138 Å². The number of nitrogens with one attached hydrogen (secondary N) is 1. The van der Waals surface area contributed by atoms with Gasteiger partial charge in [-0.25, -0.2) is 0 Å². The Morgan fingerprint density at radius 3 is 2.47 bits per heavy atom. The van der Waals surface area contributed by atoms with Crippen LogP contribution in [0.5, 0.6) is 0 Å². The van der Waals surface area contributed by atoms with Crippen molar-refractivity contribution in [3.63, 3.8) is 0 Å². The first-order valence-corrected chi connectivity index (χ1v) is 16.0. The molecule has 1 N–H and O–H groups in total. The van der Waals surface area contributed by atoms with Crippen molar-refractivity contribution >= 4 is 5.70 Å². The maximum Gasteiger partial charge on any atom is 0.0372 e. The first-order chi connectivity index (χ1) is 17.5. The summed E-state index contributed by atoms with van der Waals surface area (Å²) in [5.41, 5.74) is 5.46. The van der Waals surface area contributed by atoms with E-state index in [2.05, 4.69) is 91.0 Å². The van der Waals surface area contributed by atoms with Gasteiger partial charge in [0, 0.05) is 13.2 Å². The standard InChI is InChI=1S/C36H57N.CH4.H2/c1-9-33(25-12-11-13-27(22-25)35(6,7)10-2)37-24(3)31-16-17-32-30-15-14-26-23-34(4,5)20-18-28(26)29(30)19-21-36(31,32)8;;/h9,11-13,22,24,26,28-32,37H,10,14-21,23H2,1-8H3;1H4;1H/t24?,26-,28+,29-,30-,31?,32+,36?;;/m1../s1. The Kier molecular flexibility index (Phi) is 8.58. The van der Waals surface area contributed by atoms with Crippen molar-refractivity contribution in [2.24, 2.45) is 46.3 Å². The van der Waals surface area contributed by atoms with Gasteiger partial charge in [0.05, 0.1) is 0 Å². The van der Waals surface area contributed by atoms with Gasteiger partial charge in [0.2, 0.25) is 0 Å². The summed E-state index contributed by atoms with van der Waals surface area (Å²) in [6.45, 7) is 19.5.